The Morgan fingerprint density at radius 1 is 1.33 bits per heavy atom. The van der Waals surface area contributed by atoms with Gasteiger partial charge in [-0.05, 0) is 18.2 Å². The van der Waals surface area contributed by atoms with Gasteiger partial charge in [-0.2, -0.15) is 5.10 Å². The van der Waals surface area contributed by atoms with E-state index in [1.54, 1.807) is 24.4 Å². The fourth-order valence-corrected chi connectivity index (χ4v) is 2.95. The van der Waals surface area contributed by atoms with Crippen LogP contribution >= 0.6 is 22.9 Å². The highest BCUT2D eigenvalue weighted by molar-refractivity contribution is 7.19. The lowest BCUT2D eigenvalue weighted by molar-refractivity contribution is -0.384. The highest BCUT2D eigenvalue weighted by Gasteiger charge is 2.13. The number of hydrogen-bond acceptors (Lipinski definition) is 5. The van der Waals surface area contributed by atoms with Crippen molar-refractivity contribution in [3.05, 3.63) is 57.0 Å². The van der Waals surface area contributed by atoms with Crippen molar-refractivity contribution in [2.24, 2.45) is 0 Å². The zero-order valence-electron chi connectivity index (χ0n) is 10.6. The van der Waals surface area contributed by atoms with Crippen molar-refractivity contribution in [3.63, 3.8) is 0 Å². The van der Waals surface area contributed by atoms with Crippen molar-refractivity contribution in [2.45, 2.75) is 0 Å². The predicted octanol–water partition coefficient (Wildman–Crippen LogP) is 3.74. The zero-order chi connectivity index (χ0) is 15.0. The van der Waals surface area contributed by atoms with Crippen LogP contribution in [0.15, 0.2) is 42.6 Å². The van der Waals surface area contributed by atoms with Crippen molar-refractivity contribution >= 4 is 34.3 Å². The molecule has 106 valence electrons. The van der Waals surface area contributed by atoms with Crippen molar-refractivity contribution < 1.29 is 4.92 Å². The van der Waals surface area contributed by atoms with E-state index in [0.717, 1.165) is 4.88 Å². The van der Waals surface area contributed by atoms with Gasteiger partial charge < -0.3 is 5.73 Å². The molecule has 0 aliphatic heterocycles. The minimum Gasteiger partial charge on any atom is -0.396 e. The van der Waals surface area contributed by atoms with E-state index in [-0.39, 0.29) is 5.69 Å². The first kappa shape index (κ1) is 13.6. The Bertz CT molecular complexity index is 827. The summed E-state index contributed by atoms with van der Waals surface area (Å²) in [6, 6.07) is 9.81. The molecule has 0 saturated carbocycles. The van der Waals surface area contributed by atoms with Crippen molar-refractivity contribution in [2.75, 3.05) is 5.73 Å². The lowest BCUT2D eigenvalue weighted by atomic mass is 10.3. The summed E-state index contributed by atoms with van der Waals surface area (Å²) >= 11 is 7.28. The van der Waals surface area contributed by atoms with Crippen LogP contribution in [0.5, 0.6) is 0 Å². The minimum absolute atomic E-state index is 0.00212. The molecule has 1 aromatic carbocycles. The Morgan fingerprint density at radius 2 is 2.14 bits per heavy atom. The van der Waals surface area contributed by atoms with Gasteiger partial charge in [-0.3, -0.25) is 10.1 Å². The van der Waals surface area contributed by atoms with Crippen LogP contribution in [0.4, 0.5) is 11.4 Å². The molecule has 3 aromatic rings. The van der Waals surface area contributed by atoms with Gasteiger partial charge in [0.15, 0.2) is 0 Å². The average Bonchev–Trinajstić information content (AvgIpc) is 3.05. The SMILES string of the molecule is Nc1cn(-c2cccc([N+](=O)[O-])c2)nc1-c1ccc(Cl)s1. The number of nitrogen functional groups attached to an aromatic ring is 1. The van der Waals surface area contributed by atoms with Gasteiger partial charge in [-0.1, -0.05) is 17.7 Å². The van der Waals surface area contributed by atoms with Crippen LogP contribution in [-0.4, -0.2) is 14.7 Å². The second kappa shape index (κ2) is 5.19. The van der Waals surface area contributed by atoms with Gasteiger partial charge in [0.2, 0.25) is 0 Å². The van der Waals surface area contributed by atoms with Crippen LogP contribution in [0.3, 0.4) is 0 Å². The highest BCUT2D eigenvalue weighted by Crippen LogP contribution is 2.33. The molecule has 0 aliphatic rings. The third-order valence-corrected chi connectivity index (χ3v) is 4.09. The predicted molar refractivity (Wildman–Crippen MR) is 83.0 cm³/mol. The molecule has 6 nitrogen and oxygen atoms in total. The number of hydrogen-bond donors (Lipinski definition) is 1. The molecule has 21 heavy (non-hydrogen) atoms. The Morgan fingerprint density at radius 3 is 2.81 bits per heavy atom. The number of aromatic nitrogens is 2. The first-order valence-corrected chi connectivity index (χ1v) is 7.10. The monoisotopic (exact) mass is 320 g/mol. The van der Waals surface area contributed by atoms with Gasteiger partial charge in [-0.15, -0.1) is 11.3 Å². The van der Waals surface area contributed by atoms with E-state index < -0.39 is 4.92 Å². The zero-order valence-corrected chi connectivity index (χ0v) is 12.1. The van der Waals surface area contributed by atoms with Gasteiger partial charge in [-0.25, -0.2) is 4.68 Å². The number of non-ortho nitro benzene ring substituents is 1. The molecule has 0 aliphatic carbocycles. The van der Waals surface area contributed by atoms with Crippen molar-refractivity contribution in [3.8, 4) is 16.3 Å². The maximum absolute atomic E-state index is 10.8. The van der Waals surface area contributed by atoms with Crippen molar-refractivity contribution in [1.29, 1.82) is 0 Å². The summed E-state index contributed by atoms with van der Waals surface area (Å²) in [5.74, 6) is 0. The maximum atomic E-state index is 10.8. The minimum atomic E-state index is -0.448. The standard InChI is InChI=1S/C13H9ClN4O2S/c14-12-5-4-11(21-12)13-10(15)7-17(16-13)8-2-1-3-9(6-8)18(19)20/h1-7H,15H2. The number of nitrogens with zero attached hydrogens (tertiary/aromatic N) is 3. The van der Waals surface area contributed by atoms with E-state index in [4.69, 9.17) is 17.3 Å². The molecule has 2 N–H and O–H groups in total. The lowest BCUT2D eigenvalue weighted by Crippen LogP contribution is -1.96. The Labute approximate surface area is 128 Å². The Hall–Kier alpha value is -2.38. The fraction of sp³-hybridized carbons (Fsp3) is 0. The number of nitrogens with two attached hydrogens (primary N) is 1. The van der Waals surface area contributed by atoms with E-state index in [1.807, 2.05) is 6.07 Å². The summed E-state index contributed by atoms with van der Waals surface area (Å²) in [6.45, 7) is 0. The summed E-state index contributed by atoms with van der Waals surface area (Å²) in [5, 5.41) is 15.2. The van der Waals surface area contributed by atoms with Crippen LogP contribution in [0.1, 0.15) is 0 Å². The van der Waals surface area contributed by atoms with Crippen LogP contribution in [0.2, 0.25) is 4.34 Å². The second-order valence-corrected chi connectivity index (χ2v) is 5.97. The van der Waals surface area contributed by atoms with Crippen LogP contribution in [-0.2, 0) is 0 Å². The molecule has 2 aromatic heterocycles. The molecule has 0 radical (unpaired) electrons. The second-order valence-electron chi connectivity index (χ2n) is 4.26. The molecule has 3 rings (SSSR count). The summed E-state index contributed by atoms with van der Waals surface area (Å²) in [4.78, 5) is 11.2. The number of halogens is 1. The number of benzene rings is 1. The molecule has 0 atom stereocenters. The first-order chi connectivity index (χ1) is 10.0. The molecule has 8 heteroatoms. The summed E-state index contributed by atoms with van der Waals surface area (Å²) in [5.41, 5.74) is 7.64. The van der Waals surface area contributed by atoms with Crippen LogP contribution in [0.25, 0.3) is 16.3 Å². The first-order valence-electron chi connectivity index (χ1n) is 5.90. The highest BCUT2D eigenvalue weighted by atomic mass is 35.5. The Kier molecular flexibility index (Phi) is 3.36. The number of rotatable bonds is 3. The van der Waals surface area contributed by atoms with E-state index >= 15 is 0 Å². The molecule has 0 unspecified atom stereocenters. The summed E-state index contributed by atoms with van der Waals surface area (Å²) < 4.78 is 2.17. The third kappa shape index (κ3) is 2.61. The van der Waals surface area contributed by atoms with E-state index in [1.165, 1.54) is 28.2 Å². The van der Waals surface area contributed by atoms with Gasteiger partial charge in [0.25, 0.3) is 5.69 Å². The van der Waals surface area contributed by atoms with Gasteiger partial charge in [0, 0.05) is 12.1 Å². The Balaban J connectivity index is 2.05. The fourth-order valence-electron chi connectivity index (χ4n) is 1.90. The summed E-state index contributed by atoms with van der Waals surface area (Å²) in [6.07, 6.45) is 1.63. The maximum Gasteiger partial charge on any atom is 0.271 e. The largest absolute Gasteiger partial charge is 0.396 e. The van der Waals surface area contributed by atoms with Gasteiger partial charge in [0.05, 0.1) is 31.7 Å². The average molecular weight is 321 g/mol. The molecule has 0 spiro atoms. The lowest BCUT2D eigenvalue weighted by Gasteiger charge is -2.00. The summed E-state index contributed by atoms with van der Waals surface area (Å²) in [7, 11) is 0. The van der Waals surface area contributed by atoms with E-state index in [9.17, 15) is 10.1 Å². The van der Waals surface area contributed by atoms with Crippen molar-refractivity contribution in [1.82, 2.24) is 9.78 Å². The molecular weight excluding hydrogens is 312 g/mol. The number of anilines is 1. The molecule has 0 fully saturated rings. The quantitative estimate of drug-likeness (QED) is 0.588. The molecule has 0 amide bonds. The topological polar surface area (TPSA) is 87.0 Å². The molecular formula is C13H9ClN4O2S. The van der Waals surface area contributed by atoms with E-state index in [0.29, 0.717) is 21.4 Å². The number of thiophene rings is 1. The normalized spacial score (nSPS) is 10.7. The van der Waals surface area contributed by atoms with Gasteiger partial charge in [0.1, 0.15) is 5.69 Å². The van der Waals surface area contributed by atoms with Crippen LogP contribution < -0.4 is 5.73 Å². The number of nitro benzene ring substituents is 1. The van der Waals surface area contributed by atoms with Crippen LogP contribution in [0, 0.1) is 10.1 Å². The molecule has 2 heterocycles. The van der Waals surface area contributed by atoms with Gasteiger partial charge >= 0.3 is 0 Å². The number of nitro groups is 1. The molecule has 0 bridgehead atoms. The van der Waals surface area contributed by atoms with E-state index in [2.05, 4.69) is 5.10 Å². The third-order valence-electron chi connectivity index (χ3n) is 2.85. The molecule has 0 saturated heterocycles. The smallest absolute Gasteiger partial charge is 0.271 e.